The van der Waals surface area contributed by atoms with Crippen LogP contribution in [0.3, 0.4) is 0 Å². The Morgan fingerprint density at radius 3 is 2.38 bits per heavy atom. The van der Waals surface area contributed by atoms with Crippen LogP contribution in [0.4, 0.5) is 0 Å². The van der Waals surface area contributed by atoms with Crippen molar-refractivity contribution < 1.29 is 23.0 Å². The summed E-state index contributed by atoms with van der Waals surface area (Å²) in [5, 5.41) is 10.8. The average Bonchev–Trinajstić information content (AvgIpc) is 2.62. The number of sulfonamides is 1. The fraction of sp³-hybridized carbons (Fsp3) is 0.333. The summed E-state index contributed by atoms with van der Waals surface area (Å²) in [4.78, 5) is 0. The molecule has 0 saturated heterocycles. The number of hydrogen-bond acceptors (Lipinski definition) is 5. The van der Waals surface area contributed by atoms with E-state index in [9.17, 15) is 13.5 Å². The molecule has 0 spiro atoms. The molecule has 0 amide bonds. The van der Waals surface area contributed by atoms with Gasteiger partial charge in [-0.25, -0.2) is 12.7 Å². The molecule has 0 heterocycles. The van der Waals surface area contributed by atoms with E-state index in [4.69, 9.17) is 21.1 Å². The second-order valence-corrected chi connectivity index (χ2v) is 8.24. The van der Waals surface area contributed by atoms with E-state index in [0.29, 0.717) is 27.6 Å². The van der Waals surface area contributed by atoms with Crippen molar-refractivity contribution in [3.63, 3.8) is 0 Å². The van der Waals surface area contributed by atoms with Crippen LogP contribution in [0.15, 0.2) is 42.5 Å². The number of methoxy groups -OCH3 is 2. The van der Waals surface area contributed by atoms with Gasteiger partial charge in [0, 0.05) is 18.6 Å². The molecule has 0 bridgehead atoms. The molecule has 0 aliphatic carbocycles. The minimum atomic E-state index is -3.63. The Hall–Kier alpha value is -1.80. The van der Waals surface area contributed by atoms with Crippen LogP contribution < -0.4 is 9.47 Å². The van der Waals surface area contributed by atoms with Crippen LogP contribution in [0, 0.1) is 0 Å². The van der Waals surface area contributed by atoms with E-state index in [1.165, 1.54) is 21.3 Å². The Bertz CT molecular complexity index is 856. The van der Waals surface area contributed by atoms with Gasteiger partial charge in [0.1, 0.15) is 0 Å². The van der Waals surface area contributed by atoms with E-state index in [0.717, 1.165) is 4.31 Å². The number of rotatable bonds is 8. The van der Waals surface area contributed by atoms with Gasteiger partial charge in [-0.3, -0.25) is 0 Å². The first-order valence-electron chi connectivity index (χ1n) is 7.86. The lowest BCUT2D eigenvalue weighted by atomic mass is 10.1. The lowest BCUT2D eigenvalue weighted by Gasteiger charge is -2.21. The summed E-state index contributed by atoms with van der Waals surface area (Å²) in [5.41, 5.74) is 1.05. The number of nitrogens with zero attached hydrogens (tertiary/aromatic N) is 1. The molecule has 0 aliphatic rings. The van der Waals surface area contributed by atoms with Crippen LogP contribution in [0.1, 0.15) is 17.2 Å². The average molecular weight is 400 g/mol. The number of ether oxygens (including phenoxy) is 2. The number of benzene rings is 2. The maximum atomic E-state index is 12.6. The lowest BCUT2D eigenvalue weighted by molar-refractivity contribution is 0.154. The normalized spacial score (nSPS) is 12.8. The van der Waals surface area contributed by atoms with Gasteiger partial charge >= 0.3 is 0 Å². The standard InChI is InChI=1S/C18H22ClNO5S/c1-20(26(22,23)12-14-6-4-5-7-15(14)19)11-16(21)13-8-9-17(24-2)18(10-13)25-3/h4-10,16,21H,11-12H2,1-3H3. The van der Waals surface area contributed by atoms with Gasteiger partial charge in [0.25, 0.3) is 0 Å². The van der Waals surface area contributed by atoms with E-state index < -0.39 is 16.1 Å². The van der Waals surface area contributed by atoms with Crippen molar-refractivity contribution in [2.75, 3.05) is 27.8 Å². The van der Waals surface area contributed by atoms with Gasteiger partial charge in [-0.05, 0) is 29.3 Å². The zero-order chi connectivity index (χ0) is 19.3. The Balaban J connectivity index is 2.13. The summed E-state index contributed by atoms with van der Waals surface area (Å²) in [7, 11) is 0.803. The zero-order valence-corrected chi connectivity index (χ0v) is 16.4. The first kappa shape index (κ1) is 20.5. The van der Waals surface area contributed by atoms with Crippen LogP contribution in [-0.2, 0) is 15.8 Å². The van der Waals surface area contributed by atoms with Gasteiger partial charge in [-0.15, -0.1) is 0 Å². The molecule has 0 radical (unpaired) electrons. The lowest BCUT2D eigenvalue weighted by Crippen LogP contribution is -2.32. The fourth-order valence-corrected chi connectivity index (χ4v) is 3.96. The number of aliphatic hydroxyl groups excluding tert-OH is 1. The Morgan fingerprint density at radius 1 is 1.12 bits per heavy atom. The van der Waals surface area contributed by atoms with Crippen molar-refractivity contribution in [3.05, 3.63) is 58.6 Å². The Kier molecular flexibility index (Phi) is 6.88. The van der Waals surface area contributed by atoms with Crippen molar-refractivity contribution in [3.8, 4) is 11.5 Å². The van der Waals surface area contributed by atoms with Gasteiger partial charge in [-0.2, -0.15) is 0 Å². The molecule has 0 aromatic heterocycles. The highest BCUT2D eigenvalue weighted by Gasteiger charge is 2.23. The molecule has 8 heteroatoms. The van der Waals surface area contributed by atoms with E-state index in [1.54, 1.807) is 42.5 Å². The summed E-state index contributed by atoms with van der Waals surface area (Å²) in [6.07, 6.45) is -1.01. The first-order chi connectivity index (χ1) is 12.3. The molecule has 1 atom stereocenters. The van der Waals surface area contributed by atoms with Gasteiger partial charge in [0.05, 0.1) is 26.1 Å². The molecule has 1 unspecified atom stereocenters. The van der Waals surface area contributed by atoms with Crippen LogP contribution >= 0.6 is 11.6 Å². The maximum absolute atomic E-state index is 12.6. The quantitative estimate of drug-likeness (QED) is 0.738. The molecule has 2 rings (SSSR count). The summed E-state index contributed by atoms with van der Waals surface area (Å²) >= 11 is 6.04. The Morgan fingerprint density at radius 2 is 1.77 bits per heavy atom. The summed E-state index contributed by atoms with van der Waals surface area (Å²) in [6.45, 7) is -0.0950. The van der Waals surface area contributed by atoms with Crippen LogP contribution in [0.5, 0.6) is 11.5 Å². The Labute approximate surface area is 159 Å². The SMILES string of the molecule is COc1ccc(C(O)CN(C)S(=O)(=O)Cc2ccccc2Cl)cc1OC. The number of halogens is 1. The first-order valence-corrected chi connectivity index (χ1v) is 9.84. The predicted octanol–water partition coefficient (Wildman–Crippen LogP) is 2.85. The molecule has 26 heavy (non-hydrogen) atoms. The topological polar surface area (TPSA) is 76.1 Å². The molecule has 6 nitrogen and oxygen atoms in total. The summed E-state index contributed by atoms with van der Waals surface area (Å²) in [5.74, 6) is 0.760. The predicted molar refractivity (Wildman–Crippen MR) is 101 cm³/mol. The van der Waals surface area contributed by atoms with Crippen molar-refractivity contribution >= 4 is 21.6 Å². The van der Waals surface area contributed by atoms with E-state index in [2.05, 4.69) is 0 Å². The second kappa shape index (κ2) is 8.73. The molecular formula is C18H22ClNO5S. The van der Waals surface area contributed by atoms with Crippen molar-refractivity contribution in [2.24, 2.45) is 0 Å². The minimum Gasteiger partial charge on any atom is -0.493 e. The van der Waals surface area contributed by atoms with E-state index in [-0.39, 0.29) is 12.3 Å². The van der Waals surface area contributed by atoms with Gasteiger partial charge in [0.2, 0.25) is 10.0 Å². The van der Waals surface area contributed by atoms with E-state index >= 15 is 0 Å². The van der Waals surface area contributed by atoms with Crippen LogP contribution in [-0.4, -0.2) is 45.6 Å². The number of likely N-dealkylation sites (N-methyl/N-ethyl adjacent to an activating group) is 1. The smallest absolute Gasteiger partial charge is 0.218 e. The molecule has 0 fully saturated rings. The second-order valence-electron chi connectivity index (χ2n) is 5.76. The highest BCUT2D eigenvalue weighted by molar-refractivity contribution is 7.88. The molecule has 0 saturated carbocycles. The summed E-state index contributed by atoms with van der Waals surface area (Å²) < 4.78 is 36.6. The summed E-state index contributed by atoms with van der Waals surface area (Å²) in [6, 6.07) is 11.7. The van der Waals surface area contributed by atoms with Crippen LogP contribution in [0.2, 0.25) is 5.02 Å². The van der Waals surface area contributed by atoms with Crippen molar-refractivity contribution in [1.82, 2.24) is 4.31 Å². The van der Waals surface area contributed by atoms with Crippen molar-refractivity contribution in [1.29, 1.82) is 0 Å². The highest BCUT2D eigenvalue weighted by atomic mass is 35.5. The molecule has 2 aromatic carbocycles. The van der Waals surface area contributed by atoms with Crippen molar-refractivity contribution in [2.45, 2.75) is 11.9 Å². The van der Waals surface area contributed by atoms with Crippen LogP contribution in [0.25, 0.3) is 0 Å². The third-order valence-corrected chi connectivity index (χ3v) is 6.14. The molecule has 0 aliphatic heterocycles. The van der Waals surface area contributed by atoms with Gasteiger partial charge in [-0.1, -0.05) is 35.9 Å². The number of hydrogen-bond donors (Lipinski definition) is 1. The third-order valence-electron chi connectivity index (χ3n) is 3.99. The number of aliphatic hydroxyl groups is 1. The molecule has 2 aromatic rings. The largest absolute Gasteiger partial charge is 0.493 e. The molecule has 1 N–H and O–H groups in total. The monoisotopic (exact) mass is 399 g/mol. The molecular weight excluding hydrogens is 378 g/mol. The minimum absolute atomic E-state index is 0.0950. The maximum Gasteiger partial charge on any atom is 0.218 e. The van der Waals surface area contributed by atoms with E-state index in [1.807, 2.05) is 0 Å². The highest BCUT2D eigenvalue weighted by Crippen LogP contribution is 2.30. The fourth-order valence-electron chi connectivity index (χ4n) is 2.44. The molecule has 142 valence electrons. The van der Waals surface area contributed by atoms with Gasteiger partial charge < -0.3 is 14.6 Å². The zero-order valence-electron chi connectivity index (χ0n) is 14.8. The van der Waals surface area contributed by atoms with Gasteiger partial charge in [0.15, 0.2) is 11.5 Å². The third kappa shape index (κ3) is 4.88.